The van der Waals surface area contributed by atoms with E-state index in [1.807, 2.05) is 23.9 Å². The van der Waals surface area contributed by atoms with Crippen LogP contribution < -0.4 is 0 Å². The number of aryl methyl sites for hydroxylation is 1. The van der Waals surface area contributed by atoms with Gasteiger partial charge >= 0.3 is 0 Å². The zero-order chi connectivity index (χ0) is 14.7. The molecule has 0 bridgehead atoms. The summed E-state index contributed by atoms with van der Waals surface area (Å²) in [5.74, 6) is 0.355. The molecule has 0 fully saturated rings. The summed E-state index contributed by atoms with van der Waals surface area (Å²) in [6.45, 7) is 9.42. The molecule has 1 aliphatic rings. The first kappa shape index (κ1) is 14.4. The van der Waals surface area contributed by atoms with Crippen molar-refractivity contribution in [2.45, 2.75) is 39.4 Å². The minimum atomic E-state index is 0.355. The Morgan fingerprint density at radius 2 is 2.33 bits per heavy atom. The van der Waals surface area contributed by atoms with Crippen molar-refractivity contribution < 1.29 is 9.15 Å². The summed E-state index contributed by atoms with van der Waals surface area (Å²) in [6.07, 6.45) is 5.73. The zero-order valence-electron chi connectivity index (χ0n) is 12.8. The molecule has 114 valence electrons. The SMILES string of the molecule is CCOC[C@@H]1CN(Cc2ccoc2)Cc2cn(CC)nc21. The molecule has 3 rings (SSSR count). The third kappa shape index (κ3) is 3.19. The molecule has 0 aromatic carbocycles. The number of aromatic nitrogens is 2. The van der Waals surface area contributed by atoms with E-state index in [9.17, 15) is 0 Å². The molecule has 2 aromatic rings. The molecule has 0 radical (unpaired) electrons. The Labute approximate surface area is 125 Å². The molecular formula is C16H23N3O2. The summed E-state index contributed by atoms with van der Waals surface area (Å²) in [6, 6.07) is 2.03. The highest BCUT2D eigenvalue weighted by Gasteiger charge is 2.28. The van der Waals surface area contributed by atoms with Crippen LogP contribution in [0.1, 0.15) is 36.6 Å². The number of furan rings is 1. The van der Waals surface area contributed by atoms with Gasteiger partial charge in [-0.25, -0.2) is 0 Å². The van der Waals surface area contributed by atoms with E-state index in [2.05, 4.69) is 18.0 Å². The van der Waals surface area contributed by atoms with Gasteiger partial charge in [-0.3, -0.25) is 9.58 Å². The van der Waals surface area contributed by atoms with Gasteiger partial charge in [0, 0.05) is 56.0 Å². The first-order chi connectivity index (χ1) is 10.3. The summed E-state index contributed by atoms with van der Waals surface area (Å²) >= 11 is 0. The number of hydrogen-bond acceptors (Lipinski definition) is 4. The molecule has 0 amide bonds. The van der Waals surface area contributed by atoms with Crippen molar-refractivity contribution in [3.8, 4) is 0 Å². The monoisotopic (exact) mass is 289 g/mol. The Balaban J connectivity index is 1.77. The second-order valence-corrected chi connectivity index (χ2v) is 5.55. The standard InChI is InChI=1S/C16H23N3O2/c1-3-19-10-14-8-18(7-13-5-6-21-11-13)9-15(12-20-4-2)16(14)17-19/h5-6,10-11,15H,3-4,7-9,12H2,1-2H3/t15-/m0/s1. The molecule has 0 unspecified atom stereocenters. The fourth-order valence-electron chi connectivity index (χ4n) is 2.96. The summed E-state index contributed by atoms with van der Waals surface area (Å²) < 4.78 is 12.9. The molecule has 0 spiro atoms. The molecule has 0 saturated heterocycles. The largest absolute Gasteiger partial charge is 0.472 e. The molecule has 0 N–H and O–H groups in total. The van der Waals surface area contributed by atoms with Crippen LogP contribution >= 0.6 is 0 Å². The second kappa shape index (κ2) is 6.45. The number of hydrogen-bond donors (Lipinski definition) is 0. The van der Waals surface area contributed by atoms with E-state index < -0.39 is 0 Å². The molecule has 0 saturated carbocycles. The number of fused-ring (bicyclic) bond motifs is 1. The highest BCUT2D eigenvalue weighted by molar-refractivity contribution is 5.25. The highest BCUT2D eigenvalue weighted by Crippen LogP contribution is 2.28. The van der Waals surface area contributed by atoms with Crippen molar-refractivity contribution in [2.24, 2.45) is 0 Å². The Kier molecular flexibility index (Phi) is 4.41. The molecule has 0 aliphatic carbocycles. The van der Waals surface area contributed by atoms with Crippen LogP contribution in [0.5, 0.6) is 0 Å². The van der Waals surface area contributed by atoms with Crippen molar-refractivity contribution in [1.29, 1.82) is 0 Å². The van der Waals surface area contributed by atoms with Crippen LogP contribution in [0.15, 0.2) is 29.2 Å². The van der Waals surface area contributed by atoms with Crippen LogP contribution in [0.4, 0.5) is 0 Å². The summed E-state index contributed by atoms with van der Waals surface area (Å²) in [4.78, 5) is 2.44. The lowest BCUT2D eigenvalue weighted by molar-refractivity contribution is 0.104. The number of ether oxygens (including phenoxy) is 1. The van der Waals surface area contributed by atoms with E-state index >= 15 is 0 Å². The van der Waals surface area contributed by atoms with Crippen LogP contribution in [0.3, 0.4) is 0 Å². The van der Waals surface area contributed by atoms with Crippen LogP contribution in [0.25, 0.3) is 0 Å². The minimum Gasteiger partial charge on any atom is -0.472 e. The zero-order valence-corrected chi connectivity index (χ0v) is 12.8. The molecule has 2 aromatic heterocycles. The average molecular weight is 289 g/mol. The van der Waals surface area contributed by atoms with E-state index in [1.54, 1.807) is 6.26 Å². The van der Waals surface area contributed by atoms with Gasteiger partial charge < -0.3 is 9.15 Å². The maximum absolute atomic E-state index is 5.66. The van der Waals surface area contributed by atoms with Gasteiger partial charge in [0.1, 0.15) is 0 Å². The van der Waals surface area contributed by atoms with E-state index in [0.717, 1.165) is 39.4 Å². The Morgan fingerprint density at radius 1 is 1.43 bits per heavy atom. The lowest BCUT2D eigenvalue weighted by atomic mass is 9.97. The van der Waals surface area contributed by atoms with E-state index in [1.165, 1.54) is 16.8 Å². The van der Waals surface area contributed by atoms with Gasteiger partial charge in [0.2, 0.25) is 0 Å². The van der Waals surface area contributed by atoms with Crippen molar-refractivity contribution in [3.05, 3.63) is 41.6 Å². The van der Waals surface area contributed by atoms with Crippen LogP contribution in [-0.4, -0.2) is 34.4 Å². The lowest BCUT2D eigenvalue weighted by Crippen LogP contribution is -2.34. The van der Waals surface area contributed by atoms with Gasteiger partial charge in [0.25, 0.3) is 0 Å². The van der Waals surface area contributed by atoms with Crippen LogP contribution in [0.2, 0.25) is 0 Å². The highest BCUT2D eigenvalue weighted by atomic mass is 16.5. The first-order valence-electron chi connectivity index (χ1n) is 7.67. The second-order valence-electron chi connectivity index (χ2n) is 5.55. The van der Waals surface area contributed by atoms with Crippen LogP contribution in [-0.2, 0) is 24.4 Å². The molecule has 21 heavy (non-hydrogen) atoms. The Hall–Kier alpha value is -1.59. The third-order valence-corrected chi connectivity index (χ3v) is 3.96. The Bertz CT molecular complexity index is 562. The Morgan fingerprint density at radius 3 is 3.05 bits per heavy atom. The van der Waals surface area contributed by atoms with Gasteiger partial charge in [-0.15, -0.1) is 0 Å². The lowest BCUT2D eigenvalue weighted by Gasteiger charge is -2.31. The van der Waals surface area contributed by atoms with Gasteiger partial charge in [0.15, 0.2) is 0 Å². The van der Waals surface area contributed by atoms with E-state index in [4.69, 9.17) is 14.3 Å². The van der Waals surface area contributed by atoms with E-state index in [-0.39, 0.29) is 0 Å². The summed E-state index contributed by atoms with van der Waals surface area (Å²) in [5, 5.41) is 4.73. The van der Waals surface area contributed by atoms with Gasteiger partial charge in [-0.2, -0.15) is 5.10 Å². The topological polar surface area (TPSA) is 43.4 Å². The predicted molar refractivity (Wildman–Crippen MR) is 80.0 cm³/mol. The van der Waals surface area contributed by atoms with E-state index in [0.29, 0.717) is 5.92 Å². The molecule has 5 heteroatoms. The smallest absolute Gasteiger partial charge is 0.0947 e. The quantitative estimate of drug-likeness (QED) is 0.820. The molecule has 3 heterocycles. The predicted octanol–water partition coefficient (Wildman–Crippen LogP) is 2.63. The fraction of sp³-hybridized carbons (Fsp3) is 0.562. The maximum Gasteiger partial charge on any atom is 0.0947 e. The summed E-state index contributed by atoms with van der Waals surface area (Å²) in [5.41, 5.74) is 3.77. The van der Waals surface area contributed by atoms with Crippen molar-refractivity contribution in [3.63, 3.8) is 0 Å². The van der Waals surface area contributed by atoms with Gasteiger partial charge in [-0.05, 0) is 19.9 Å². The van der Waals surface area contributed by atoms with Crippen molar-refractivity contribution >= 4 is 0 Å². The van der Waals surface area contributed by atoms with Gasteiger partial charge in [0.05, 0.1) is 24.8 Å². The van der Waals surface area contributed by atoms with Crippen LogP contribution in [0, 0.1) is 0 Å². The molecule has 5 nitrogen and oxygen atoms in total. The summed E-state index contributed by atoms with van der Waals surface area (Å²) in [7, 11) is 0. The maximum atomic E-state index is 5.66. The molecule has 1 atom stereocenters. The van der Waals surface area contributed by atoms with Gasteiger partial charge in [-0.1, -0.05) is 0 Å². The molecule has 1 aliphatic heterocycles. The average Bonchev–Trinajstić information content (AvgIpc) is 3.13. The number of nitrogens with zero attached hydrogens (tertiary/aromatic N) is 3. The molecular weight excluding hydrogens is 266 g/mol. The van der Waals surface area contributed by atoms with Crippen molar-refractivity contribution in [2.75, 3.05) is 19.8 Å². The van der Waals surface area contributed by atoms with Crippen molar-refractivity contribution in [1.82, 2.24) is 14.7 Å². The fourth-order valence-corrected chi connectivity index (χ4v) is 2.96. The first-order valence-corrected chi connectivity index (χ1v) is 7.67. The number of rotatable bonds is 6. The minimum absolute atomic E-state index is 0.355. The third-order valence-electron chi connectivity index (χ3n) is 3.96. The normalized spacial score (nSPS) is 18.9.